The highest BCUT2D eigenvalue weighted by molar-refractivity contribution is 4.84. The molecular formula is C14H26O2. The quantitative estimate of drug-likeness (QED) is 0.777. The highest BCUT2D eigenvalue weighted by atomic mass is 16.3. The van der Waals surface area contributed by atoms with Gasteiger partial charge >= 0.3 is 0 Å². The fraction of sp³-hybridized carbons (Fsp3) is 1.00. The molecule has 0 aromatic heterocycles. The van der Waals surface area contributed by atoms with E-state index in [0.29, 0.717) is 11.8 Å². The van der Waals surface area contributed by atoms with E-state index < -0.39 is 12.2 Å². The van der Waals surface area contributed by atoms with Gasteiger partial charge in [-0.15, -0.1) is 0 Å². The van der Waals surface area contributed by atoms with E-state index in [0.717, 1.165) is 25.7 Å². The summed E-state index contributed by atoms with van der Waals surface area (Å²) in [5, 5.41) is 20.5. The Hall–Kier alpha value is -0.0800. The molecule has 2 fully saturated rings. The van der Waals surface area contributed by atoms with E-state index in [1.165, 1.54) is 38.5 Å². The van der Waals surface area contributed by atoms with E-state index >= 15 is 0 Å². The molecule has 0 saturated heterocycles. The summed E-state index contributed by atoms with van der Waals surface area (Å²) < 4.78 is 0. The van der Waals surface area contributed by atoms with Crippen molar-refractivity contribution < 1.29 is 10.2 Å². The lowest BCUT2D eigenvalue weighted by Crippen LogP contribution is -2.40. The van der Waals surface area contributed by atoms with Crippen molar-refractivity contribution in [3.63, 3.8) is 0 Å². The van der Waals surface area contributed by atoms with Crippen LogP contribution in [0.3, 0.4) is 0 Å². The molecule has 2 N–H and O–H groups in total. The summed E-state index contributed by atoms with van der Waals surface area (Å²) in [7, 11) is 0. The first kappa shape index (κ1) is 12.4. The molecule has 2 saturated carbocycles. The molecule has 0 aromatic rings. The molecule has 0 amide bonds. The Labute approximate surface area is 99.1 Å². The van der Waals surface area contributed by atoms with Crippen molar-refractivity contribution >= 4 is 0 Å². The Morgan fingerprint density at radius 3 is 1.19 bits per heavy atom. The fourth-order valence-electron chi connectivity index (χ4n) is 3.51. The molecule has 0 unspecified atom stereocenters. The molecule has 94 valence electrons. The number of rotatable bonds is 3. The van der Waals surface area contributed by atoms with Gasteiger partial charge in [0.2, 0.25) is 0 Å². The predicted octanol–water partition coefficient (Wildman–Crippen LogP) is 2.87. The van der Waals surface area contributed by atoms with Crippen LogP contribution in [0.4, 0.5) is 0 Å². The van der Waals surface area contributed by atoms with Crippen LogP contribution in [0, 0.1) is 11.8 Å². The van der Waals surface area contributed by atoms with Gasteiger partial charge in [0.25, 0.3) is 0 Å². The molecule has 2 heteroatoms. The zero-order valence-corrected chi connectivity index (χ0v) is 10.3. The molecule has 0 bridgehead atoms. The molecule has 2 aliphatic rings. The Kier molecular flexibility index (Phi) is 4.66. The molecule has 2 atom stereocenters. The van der Waals surface area contributed by atoms with Crippen LogP contribution in [-0.2, 0) is 0 Å². The topological polar surface area (TPSA) is 40.5 Å². The van der Waals surface area contributed by atoms with Crippen LogP contribution in [0.2, 0.25) is 0 Å². The highest BCUT2D eigenvalue weighted by Gasteiger charge is 2.33. The van der Waals surface area contributed by atoms with E-state index in [2.05, 4.69) is 0 Å². The van der Waals surface area contributed by atoms with Gasteiger partial charge in [-0.05, 0) is 37.5 Å². The zero-order valence-electron chi connectivity index (χ0n) is 10.3. The van der Waals surface area contributed by atoms with E-state index in [1.807, 2.05) is 0 Å². The van der Waals surface area contributed by atoms with Gasteiger partial charge < -0.3 is 10.2 Å². The molecule has 0 aromatic carbocycles. The Morgan fingerprint density at radius 1 is 0.562 bits per heavy atom. The van der Waals surface area contributed by atoms with Crippen molar-refractivity contribution in [2.24, 2.45) is 11.8 Å². The molecule has 2 aliphatic carbocycles. The lowest BCUT2D eigenvalue weighted by Gasteiger charge is -2.35. The number of aliphatic hydroxyl groups excluding tert-OH is 2. The lowest BCUT2D eigenvalue weighted by atomic mass is 9.77. The Balaban J connectivity index is 1.84. The van der Waals surface area contributed by atoms with E-state index in [-0.39, 0.29) is 0 Å². The molecule has 16 heavy (non-hydrogen) atoms. The van der Waals surface area contributed by atoms with Crippen molar-refractivity contribution in [2.75, 3.05) is 0 Å². The first-order chi connectivity index (χ1) is 7.79. The normalized spacial score (nSPS) is 28.9. The Morgan fingerprint density at radius 2 is 0.875 bits per heavy atom. The monoisotopic (exact) mass is 226 g/mol. The molecule has 0 heterocycles. The first-order valence-corrected chi connectivity index (χ1v) is 7.15. The second-order valence-electron chi connectivity index (χ2n) is 5.78. The van der Waals surface area contributed by atoms with Crippen LogP contribution in [-0.4, -0.2) is 22.4 Å². The minimum Gasteiger partial charge on any atom is -0.390 e. The minimum absolute atomic E-state index is 0.366. The van der Waals surface area contributed by atoms with Gasteiger partial charge in [0.05, 0.1) is 12.2 Å². The molecule has 2 nitrogen and oxygen atoms in total. The maximum absolute atomic E-state index is 10.2. The number of hydrogen-bond donors (Lipinski definition) is 2. The standard InChI is InChI=1S/C14H26O2/c15-13(11-7-3-1-4-8-11)14(16)12-9-5-2-6-10-12/h11-16H,1-10H2/t13-,14-/m1/s1. The third-order valence-electron chi connectivity index (χ3n) is 4.62. The number of aliphatic hydroxyl groups is 2. The first-order valence-electron chi connectivity index (χ1n) is 7.15. The maximum atomic E-state index is 10.2. The summed E-state index contributed by atoms with van der Waals surface area (Å²) in [6, 6.07) is 0. The average Bonchev–Trinajstić information content (AvgIpc) is 2.39. The fourth-order valence-corrected chi connectivity index (χ4v) is 3.51. The summed E-state index contributed by atoms with van der Waals surface area (Å²) >= 11 is 0. The zero-order chi connectivity index (χ0) is 11.4. The summed E-state index contributed by atoms with van der Waals surface area (Å²) in [5.41, 5.74) is 0. The van der Waals surface area contributed by atoms with Crippen molar-refractivity contribution in [3.05, 3.63) is 0 Å². The second kappa shape index (κ2) is 6.02. The largest absolute Gasteiger partial charge is 0.390 e. The predicted molar refractivity (Wildman–Crippen MR) is 65.2 cm³/mol. The summed E-state index contributed by atoms with van der Waals surface area (Å²) in [6.45, 7) is 0. The highest BCUT2D eigenvalue weighted by Crippen LogP contribution is 2.33. The van der Waals surface area contributed by atoms with Crippen LogP contribution >= 0.6 is 0 Å². The van der Waals surface area contributed by atoms with Gasteiger partial charge in [0.15, 0.2) is 0 Å². The molecular weight excluding hydrogens is 200 g/mol. The van der Waals surface area contributed by atoms with Gasteiger partial charge in [-0.3, -0.25) is 0 Å². The summed E-state index contributed by atoms with van der Waals surface area (Å²) in [4.78, 5) is 0. The van der Waals surface area contributed by atoms with Gasteiger partial charge in [-0.25, -0.2) is 0 Å². The summed E-state index contributed by atoms with van der Waals surface area (Å²) in [6.07, 6.45) is 11.1. The van der Waals surface area contributed by atoms with Crippen LogP contribution in [0.5, 0.6) is 0 Å². The van der Waals surface area contributed by atoms with Gasteiger partial charge in [-0.2, -0.15) is 0 Å². The van der Waals surface area contributed by atoms with Gasteiger partial charge in [-0.1, -0.05) is 38.5 Å². The molecule has 0 aliphatic heterocycles. The van der Waals surface area contributed by atoms with Crippen molar-refractivity contribution in [1.29, 1.82) is 0 Å². The maximum Gasteiger partial charge on any atom is 0.0829 e. The van der Waals surface area contributed by atoms with Crippen LogP contribution in [0.1, 0.15) is 64.2 Å². The molecule has 0 radical (unpaired) electrons. The third kappa shape index (κ3) is 2.98. The van der Waals surface area contributed by atoms with E-state index in [9.17, 15) is 10.2 Å². The van der Waals surface area contributed by atoms with Crippen LogP contribution in [0.15, 0.2) is 0 Å². The Bertz CT molecular complexity index is 171. The second-order valence-corrected chi connectivity index (χ2v) is 5.78. The molecule has 0 spiro atoms. The molecule has 2 rings (SSSR count). The van der Waals surface area contributed by atoms with Gasteiger partial charge in [0, 0.05) is 0 Å². The number of hydrogen-bond acceptors (Lipinski definition) is 2. The van der Waals surface area contributed by atoms with Crippen LogP contribution < -0.4 is 0 Å². The van der Waals surface area contributed by atoms with Crippen molar-refractivity contribution in [3.8, 4) is 0 Å². The van der Waals surface area contributed by atoms with Crippen LogP contribution in [0.25, 0.3) is 0 Å². The van der Waals surface area contributed by atoms with E-state index in [1.54, 1.807) is 0 Å². The van der Waals surface area contributed by atoms with Gasteiger partial charge in [0.1, 0.15) is 0 Å². The average molecular weight is 226 g/mol. The smallest absolute Gasteiger partial charge is 0.0829 e. The van der Waals surface area contributed by atoms with Crippen molar-refractivity contribution in [2.45, 2.75) is 76.4 Å². The SMILES string of the molecule is O[C@H](C1CCCCC1)[C@H](O)C1CCCCC1. The van der Waals surface area contributed by atoms with E-state index in [4.69, 9.17) is 0 Å². The van der Waals surface area contributed by atoms with Crippen molar-refractivity contribution in [1.82, 2.24) is 0 Å². The minimum atomic E-state index is -0.455. The lowest BCUT2D eigenvalue weighted by molar-refractivity contribution is -0.0623. The third-order valence-corrected chi connectivity index (χ3v) is 4.62. The summed E-state index contributed by atoms with van der Waals surface area (Å²) in [5.74, 6) is 0.733.